The van der Waals surface area contributed by atoms with Crippen molar-refractivity contribution in [1.82, 2.24) is 0 Å². The van der Waals surface area contributed by atoms with Gasteiger partial charge in [-0.15, -0.1) is 11.3 Å². The van der Waals surface area contributed by atoms with Crippen molar-refractivity contribution in [2.75, 3.05) is 12.4 Å². The molecule has 1 aromatic heterocycles. The van der Waals surface area contributed by atoms with Gasteiger partial charge in [-0.05, 0) is 43.4 Å². The Morgan fingerprint density at radius 3 is 2.48 bits per heavy atom. The number of carbonyl (C=O) groups is 2. The van der Waals surface area contributed by atoms with Crippen molar-refractivity contribution in [2.24, 2.45) is 0 Å². The summed E-state index contributed by atoms with van der Waals surface area (Å²) in [4.78, 5) is 26.0. The van der Waals surface area contributed by atoms with Crippen molar-refractivity contribution in [2.45, 2.75) is 25.7 Å². The number of hydrogen-bond acceptors (Lipinski definition) is 4. The number of fused-ring (bicyclic) bond motifs is 1. The molecule has 1 amide bonds. The van der Waals surface area contributed by atoms with E-state index in [2.05, 4.69) is 5.32 Å². The first kappa shape index (κ1) is 18.5. The molecular formula is C17H14Cl3NO3S. The van der Waals surface area contributed by atoms with Gasteiger partial charge in [-0.1, -0.05) is 34.8 Å². The normalized spacial score (nSPS) is 13.3. The minimum absolute atomic E-state index is 0.0765. The molecule has 25 heavy (non-hydrogen) atoms. The fraction of sp³-hybridized carbons (Fsp3) is 0.294. The van der Waals surface area contributed by atoms with Gasteiger partial charge in [0.2, 0.25) is 0 Å². The molecule has 0 fully saturated rings. The molecule has 1 aliphatic rings. The summed E-state index contributed by atoms with van der Waals surface area (Å²) in [7, 11) is 1.32. The minimum Gasteiger partial charge on any atom is -0.465 e. The van der Waals surface area contributed by atoms with E-state index in [1.165, 1.54) is 30.6 Å². The third-order valence-corrected chi connectivity index (χ3v) is 6.39. The van der Waals surface area contributed by atoms with Gasteiger partial charge in [0.25, 0.3) is 5.91 Å². The van der Waals surface area contributed by atoms with E-state index in [9.17, 15) is 9.59 Å². The molecule has 132 valence electrons. The van der Waals surface area contributed by atoms with Crippen LogP contribution in [0.25, 0.3) is 0 Å². The van der Waals surface area contributed by atoms with E-state index < -0.39 is 11.9 Å². The van der Waals surface area contributed by atoms with E-state index >= 15 is 0 Å². The first-order chi connectivity index (χ1) is 11.9. The van der Waals surface area contributed by atoms with Crippen LogP contribution in [-0.2, 0) is 17.6 Å². The Kier molecular flexibility index (Phi) is 5.58. The number of halogens is 3. The van der Waals surface area contributed by atoms with Crippen molar-refractivity contribution in [3.05, 3.63) is 48.8 Å². The molecule has 0 unspecified atom stereocenters. The highest BCUT2D eigenvalue weighted by Gasteiger charge is 2.28. The Morgan fingerprint density at radius 2 is 1.76 bits per heavy atom. The topological polar surface area (TPSA) is 55.4 Å². The van der Waals surface area contributed by atoms with Crippen molar-refractivity contribution in [1.29, 1.82) is 0 Å². The van der Waals surface area contributed by atoms with Crippen LogP contribution in [0, 0.1) is 0 Å². The molecule has 0 saturated heterocycles. The third-order valence-electron chi connectivity index (χ3n) is 4.06. The Morgan fingerprint density at radius 1 is 1.08 bits per heavy atom. The standard InChI is InChI=1S/C17H14Cl3NO3S/c1-24-17(23)12-8-4-2-3-5-11(8)25-16(12)21-15(22)13-9(18)6-7-10(19)14(13)20/h6-7H,2-5H2,1H3,(H,21,22). The Balaban J connectivity index is 2.01. The number of aryl methyl sites for hydroxylation is 1. The van der Waals surface area contributed by atoms with E-state index in [1.807, 2.05) is 0 Å². The van der Waals surface area contributed by atoms with E-state index in [0.717, 1.165) is 36.1 Å². The summed E-state index contributed by atoms with van der Waals surface area (Å²) >= 11 is 19.6. The quantitative estimate of drug-likeness (QED) is 0.519. The molecule has 0 aliphatic heterocycles. The lowest BCUT2D eigenvalue weighted by molar-refractivity contribution is 0.0601. The SMILES string of the molecule is COC(=O)c1c(NC(=O)c2c(Cl)ccc(Cl)c2Cl)sc2c1CCCC2. The molecule has 1 N–H and O–H groups in total. The zero-order chi connectivity index (χ0) is 18.1. The maximum atomic E-state index is 12.7. The predicted octanol–water partition coefficient (Wildman–Crippen LogP) is 5.63. The van der Waals surface area contributed by atoms with Gasteiger partial charge < -0.3 is 10.1 Å². The fourth-order valence-electron chi connectivity index (χ4n) is 2.87. The second-order valence-electron chi connectivity index (χ2n) is 5.58. The number of thiophene rings is 1. The van der Waals surface area contributed by atoms with E-state index in [-0.39, 0.29) is 20.6 Å². The highest BCUT2D eigenvalue weighted by Crippen LogP contribution is 2.39. The van der Waals surface area contributed by atoms with Gasteiger partial charge in [-0.3, -0.25) is 4.79 Å². The van der Waals surface area contributed by atoms with Gasteiger partial charge in [0.05, 0.1) is 33.3 Å². The highest BCUT2D eigenvalue weighted by molar-refractivity contribution is 7.17. The average molecular weight is 419 g/mol. The largest absolute Gasteiger partial charge is 0.465 e. The van der Waals surface area contributed by atoms with Gasteiger partial charge in [0.1, 0.15) is 5.00 Å². The van der Waals surface area contributed by atoms with Gasteiger partial charge in [0, 0.05) is 4.88 Å². The smallest absolute Gasteiger partial charge is 0.341 e. The molecule has 0 spiro atoms. The Labute approximate surface area is 164 Å². The van der Waals surface area contributed by atoms with Crippen molar-refractivity contribution >= 4 is 63.0 Å². The summed E-state index contributed by atoms with van der Waals surface area (Å²) in [6.07, 6.45) is 3.75. The monoisotopic (exact) mass is 417 g/mol. The molecular weight excluding hydrogens is 405 g/mol. The Hall–Kier alpha value is -1.27. The lowest BCUT2D eigenvalue weighted by Crippen LogP contribution is -2.16. The number of amides is 1. The number of methoxy groups -OCH3 is 1. The number of carbonyl (C=O) groups excluding carboxylic acids is 2. The van der Waals surface area contributed by atoms with E-state index in [0.29, 0.717) is 10.6 Å². The van der Waals surface area contributed by atoms with Gasteiger partial charge in [-0.25, -0.2) is 4.79 Å². The molecule has 0 saturated carbocycles. The molecule has 0 bridgehead atoms. The van der Waals surface area contributed by atoms with E-state index in [1.54, 1.807) is 0 Å². The number of anilines is 1. The van der Waals surface area contributed by atoms with Crippen molar-refractivity contribution in [3.8, 4) is 0 Å². The summed E-state index contributed by atoms with van der Waals surface area (Å²) in [5, 5.41) is 3.71. The molecule has 0 atom stereocenters. The molecule has 8 heteroatoms. The number of benzene rings is 1. The maximum absolute atomic E-state index is 12.7. The number of nitrogens with one attached hydrogen (secondary N) is 1. The minimum atomic E-state index is -0.513. The van der Waals surface area contributed by atoms with Crippen LogP contribution in [0.4, 0.5) is 5.00 Å². The van der Waals surface area contributed by atoms with Crippen molar-refractivity contribution < 1.29 is 14.3 Å². The van der Waals surface area contributed by atoms with Crippen LogP contribution in [-0.4, -0.2) is 19.0 Å². The fourth-order valence-corrected chi connectivity index (χ4v) is 4.84. The lowest BCUT2D eigenvalue weighted by Gasteiger charge is -2.12. The zero-order valence-electron chi connectivity index (χ0n) is 13.3. The molecule has 0 radical (unpaired) electrons. The molecule has 2 aromatic rings. The van der Waals surface area contributed by atoms with Gasteiger partial charge in [-0.2, -0.15) is 0 Å². The molecule has 1 heterocycles. The number of hydrogen-bond donors (Lipinski definition) is 1. The van der Waals surface area contributed by atoms with Crippen LogP contribution in [0.2, 0.25) is 15.1 Å². The highest BCUT2D eigenvalue weighted by atomic mass is 35.5. The first-order valence-corrected chi connectivity index (χ1v) is 9.56. The zero-order valence-corrected chi connectivity index (χ0v) is 16.3. The second-order valence-corrected chi connectivity index (χ2v) is 7.88. The van der Waals surface area contributed by atoms with Crippen LogP contribution in [0.5, 0.6) is 0 Å². The molecule has 4 nitrogen and oxygen atoms in total. The van der Waals surface area contributed by atoms with Gasteiger partial charge in [0.15, 0.2) is 0 Å². The van der Waals surface area contributed by atoms with Crippen LogP contribution >= 0.6 is 46.1 Å². The molecule has 3 rings (SSSR count). The van der Waals surface area contributed by atoms with E-state index in [4.69, 9.17) is 39.5 Å². The average Bonchev–Trinajstić information content (AvgIpc) is 2.95. The van der Waals surface area contributed by atoms with Crippen LogP contribution in [0.15, 0.2) is 12.1 Å². The summed E-state index contributed by atoms with van der Waals surface area (Å²) in [6, 6.07) is 3.03. The van der Waals surface area contributed by atoms with Crippen molar-refractivity contribution in [3.63, 3.8) is 0 Å². The maximum Gasteiger partial charge on any atom is 0.341 e. The predicted molar refractivity (Wildman–Crippen MR) is 102 cm³/mol. The van der Waals surface area contributed by atoms with Crippen LogP contribution in [0.3, 0.4) is 0 Å². The third kappa shape index (κ3) is 3.51. The summed E-state index contributed by atoms with van der Waals surface area (Å²) < 4.78 is 4.90. The second kappa shape index (κ2) is 7.54. The summed E-state index contributed by atoms with van der Waals surface area (Å²) in [5.74, 6) is -0.973. The molecule has 1 aromatic carbocycles. The number of esters is 1. The summed E-state index contributed by atoms with van der Waals surface area (Å²) in [5.41, 5.74) is 1.46. The number of rotatable bonds is 3. The molecule has 1 aliphatic carbocycles. The van der Waals surface area contributed by atoms with Crippen LogP contribution < -0.4 is 5.32 Å². The summed E-state index contributed by atoms with van der Waals surface area (Å²) in [6.45, 7) is 0. The van der Waals surface area contributed by atoms with Gasteiger partial charge >= 0.3 is 5.97 Å². The first-order valence-electron chi connectivity index (χ1n) is 7.61. The lowest BCUT2D eigenvalue weighted by atomic mass is 9.95. The van der Waals surface area contributed by atoms with Crippen LogP contribution in [0.1, 0.15) is 44.0 Å². The Bertz CT molecular complexity index is 863. The number of ether oxygens (including phenoxy) is 1.